The van der Waals surface area contributed by atoms with Crippen LogP contribution >= 0.6 is 11.3 Å². The lowest BCUT2D eigenvalue weighted by molar-refractivity contribution is 0.594. The van der Waals surface area contributed by atoms with Gasteiger partial charge in [0.2, 0.25) is 0 Å². The molecule has 0 aliphatic heterocycles. The third-order valence-electron chi connectivity index (χ3n) is 2.37. The van der Waals surface area contributed by atoms with Crippen LogP contribution in [0.15, 0.2) is 52.1 Å². The maximum atomic E-state index is 12.4. The highest BCUT2D eigenvalue weighted by atomic mass is 32.2. The van der Waals surface area contributed by atoms with Gasteiger partial charge in [-0.3, -0.25) is 4.31 Å². The highest BCUT2D eigenvalue weighted by Crippen LogP contribution is 2.25. The Morgan fingerprint density at radius 3 is 2.35 bits per heavy atom. The second kappa shape index (κ2) is 4.89. The molecule has 0 radical (unpaired) electrons. The average Bonchev–Trinajstić information content (AvgIpc) is 2.85. The van der Waals surface area contributed by atoms with E-state index in [4.69, 9.17) is 0 Å². The standard InChI is InChI=1S/C12H13NO2S2/c1-2-13(11-7-4-3-5-8-11)17(14,15)12-9-6-10-16-12/h3-10H,2H2,1H3. The van der Waals surface area contributed by atoms with Crippen LogP contribution in [-0.2, 0) is 10.0 Å². The molecule has 0 aliphatic carbocycles. The normalized spacial score (nSPS) is 11.4. The Labute approximate surface area is 105 Å². The molecule has 1 aromatic carbocycles. The number of para-hydroxylation sites is 1. The third-order valence-corrected chi connectivity index (χ3v) is 5.65. The number of sulfonamides is 1. The average molecular weight is 267 g/mol. The Morgan fingerprint density at radius 1 is 1.12 bits per heavy atom. The zero-order valence-electron chi connectivity index (χ0n) is 9.41. The van der Waals surface area contributed by atoms with Crippen molar-refractivity contribution in [2.75, 3.05) is 10.8 Å². The number of anilines is 1. The molecule has 0 atom stereocenters. The largest absolute Gasteiger partial charge is 0.273 e. The third kappa shape index (κ3) is 2.35. The van der Waals surface area contributed by atoms with Crippen molar-refractivity contribution >= 4 is 27.0 Å². The molecule has 0 aliphatic rings. The van der Waals surface area contributed by atoms with Crippen LogP contribution in [0.25, 0.3) is 0 Å². The maximum absolute atomic E-state index is 12.4. The number of benzene rings is 1. The SMILES string of the molecule is CCN(c1ccccc1)S(=O)(=O)c1cccs1. The van der Waals surface area contributed by atoms with Gasteiger partial charge in [-0.25, -0.2) is 8.42 Å². The smallest absolute Gasteiger partial charge is 0.266 e. The Balaban J connectivity index is 2.44. The van der Waals surface area contributed by atoms with E-state index >= 15 is 0 Å². The maximum Gasteiger partial charge on any atom is 0.273 e. The Hall–Kier alpha value is -1.33. The zero-order chi connectivity index (χ0) is 12.3. The summed E-state index contributed by atoms with van der Waals surface area (Å²) in [5, 5.41) is 1.77. The van der Waals surface area contributed by atoms with E-state index in [1.165, 1.54) is 15.6 Å². The first kappa shape index (κ1) is 12.1. The van der Waals surface area contributed by atoms with Crippen molar-refractivity contribution in [1.29, 1.82) is 0 Å². The van der Waals surface area contributed by atoms with Crippen LogP contribution in [0.5, 0.6) is 0 Å². The minimum atomic E-state index is -3.41. The molecule has 2 rings (SSSR count). The number of rotatable bonds is 4. The van der Waals surface area contributed by atoms with Crippen LogP contribution in [0, 0.1) is 0 Å². The molecule has 2 aromatic rings. The summed E-state index contributed by atoms with van der Waals surface area (Å²) in [5.74, 6) is 0. The fraction of sp³-hybridized carbons (Fsp3) is 0.167. The lowest BCUT2D eigenvalue weighted by Gasteiger charge is -2.21. The van der Waals surface area contributed by atoms with Crippen molar-refractivity contribution < 1.29 is 8.42 Å². The van der Waals surface area contributed by atoms with Gasteiger partial charge in [0.1, 0.15) is 4.21 Å². The molecule has 0 N–H and O–H groups in total. The van der Waals surface area contributed by atoms with E-state index < -0.39 is 10.0 Å². The lowest BCUT2D eigenvalue weighted by atomic mass is 10.3. The fourth-order valence-corrected chi connectivity index (χ4v) is 4.18. The van der Waals surface area contributed by atoms with E-state index in [1.54, 1.807) is 29.6 Å². The first-order valence-corrected chi connectivity index (χ1v) is 7.59. The van der Waals surface area contributed by atoms with E-state index in [-0.39, 0.29) is 0 Å². The van der Waals surface area contributed by atoms with Gasteiger partial charge >= 0.3 is 0 Å². The quantitative estimate of drug-likeness (QED) is 0.854. The summed E-state index contributed by atoms with van der Waals surface area (Å²) in [6.45, 7) is 2.25. The second-order valence-corrected chi connectivity index (χ2v) is 6.47. The Bertz CT molecular complexity index is 562. The molecule has 0 bridgehead atoms. The van der Waals surface area contributed by atoms with Crippen LogP contribution in [0.4, 0.5) is 5.69 Å². The van der Waals surface area contributed by atoms with Gasteiger partial charge < -0.3 is 0 Å². The van der Waals surface area contributed by atoms with Crippen LogP contribution in [0.2, 0.25) is 0 Å². The molecule has 17 heavy (non-hydrogen) atoms. The second-order valence-electron chi connectivity index (χ2n) is 3.44. The summed E-state index contributed by atoms with van der Waals surface area (Å²) < 4.78 is 26.5. The molecule has 0 saturated heterocycles. The summed E-state index contributed by atoms with van der Waals surface area (Å²) in [6.07, 6.45) is 0. The van der Waals surface area contributed by atoms with Crippen molar-refractivity contribution in [3.05, 3.63) is 47.8 Å². The van der Waals surface area contributed by atoms with Gasteiger partial charge in [-0.15, -0.1) is 11.3 Å². The topological polar surface area (TPSA) is 37.4 Å². The molecular formula is C12H13NO2S2. The molecular weight excluding hydrogens is 254 g/mol. The molecule has 0 saturated carbocycles. The number of hydrogen-bond acceptors (Lipinski definition) is 3. The Morgan fingerprint density at radius 2 is 1.82 bits per heavy atom. The van der Waals surface area contributed by atoms with E-state index in [1.807, 2.05) is 25.1 Å². The minimum Gasteiger partial charge on any atom is -0.266 e. The Kier molecular flexibility index (Phi) is 3.49. The van der Waals surface area contributed by atoms with Crippen molar-refractivity contribution in [2.45, 2.75) is 11.1 Å². The summed E-state index contributed by atoms with van der Waals surface area (Å²) >= 11 is 1.24. The summed E-state index contributed by atoms with van der Waals surface area (Å²) in [7, 11) is -3.41. The molecule has 0 fully saturated rings. The predicted molar refractivity (Wildman–Crippen MR) is 71.0 cm³/mol. The minimum absolute atomic E-state index is 0.378. The van der Waals surface area contributed by atoms with Crippen molar-refractivity contribution in [1.82, 2.24) is 0 Å². The van der Waals surface area contributed by atoms with Gasteiger partial charge in [0.15, 0.2) is 0 Å². The fourth-order valence-electron chi connectivity index (χ4n) is 1.60. The van der Waals surface area contributed by atoms with Crippen LogP contribution in [0.3, 0.4) is 0 Å². The summed E-state index contributed by atoms with van der Waals surface area (Å²) in [6, 6.07) is 12.5. The van der Waals surface area contributed by atoms with Gasteiger partial charge in [0, 0.05) is 6.54 Å². The first-order valence-electron chi connectivity index (χ1n) is 5.27. The molecule has 0 spiro atoms. The molecule has 3 nitrogen and oxygen atoms in total. The molecule has 0 amide bonds. The zero-order valence-corrected chi connectivity index (χ0v) is 11.0. The predicted octanol–water partition coefficient (Wildman–Crippen LogP) is 2.96. The van der Waals surface area contributed by atoms with Crippen LogP contribution in [-0.4, -0.2) is 15.0 Å². The number of thiophene rings is 1. The summed E-state index contributed by atoms with van der Waals surface area (Å²) in [4.78, 5) is 0. The molecule has 1 heterocycles. The van der Waals surface area contributed by atoms with Gasteiger partial charge in [0.05, 0.1) is 5.69 Å². The van der Waals surface area contributed by atoms with Crippen molar-refractivity contribution in [3.8, 4) is 0 Å². The molecule has 0 unspecified atom stereocenters. The van der Waals surface area contributed by atoms with Crippen molar-refractivity contribution in [3.63, 3.8) is 0 Å². The van der Waals surface area contributed by atoms with Crippen LogP contribution < -0.4 is 4.31 Å². The lowest BCUT2D eigenvalue weighted by Crippen LogP contribution is -2.30. The van der Waals surface area contributed by atoms with E-state index in [9.17, 15) is 8.42 Å². The molecule has 1 aromatic heterocycles. The highest BCUT2D eigenvalue weighted by molar-refractivity contribution is 7.94. The van der Waals surface area contributed by atoms with E-state index in [2.05, 4.69) is 0 Å². The van der Waals surface area contributed by atoms with E-state index in [0.29, 0.717) is 16.4 Å². The van der Waals surface area contributed by atoms with Gasteiger partial charge in [-0.05, 0) is 30.5 Å². The monoisotopic (exact) mass is 267 g/mol. The highest BCUT2D eigenvalue weighted by Gasteiger charge is 2.23. The van der Waals surface area contributed by atoms with Crippen LogP contribution in [0.1, 0.15) is 6.92 Å². The van der Waals surface area contributed by atoms with Gasteiger partial charge in [-0.2, -0.15) is 0 Å². The number of hydrogen-bond donors (Lipinski definition) is 0. The van der Waals surface area contributed by atoms with E-state index in [0.717, 1.165) is 0 Å². The molecule has 90 valence electrons. The first-order chi connectivity index (χ1) is 8.16. The van der Waals surface area contributed by atoms with Gasteiger partial charge in [-0.1, -0.05) is 24.3 Å². The van der Waals surface area contributed by atoms with Gasteiger partial charge in [0.25, 0.3) is 10.0 Å². The number of nitrogens with zero attached hydrogens (tertiary/aromatic N) is 1. The molecule has 5 heteroatoms. The summed E-state index contributed by atoms with van der Waals surface area (Å²) in [5.41, 5.74) is 0.698. The van der Waals surface area contributed by atoms with Crippen molar-refractivity contribution in [2.24, 2.45) is 0 Å².